The highest BCUT2D eigenvalue weighted by Crippen LogP contribution is 2.33. The molecule has 0 bridgehead atoms. The molecule has 0 unspecified atom stereocenters. The first-order valence-corrected chi connectivity index (χ1v) is 8.32. The van der Waals surface area contributed by atoms with Crippen molar-refractivity contribution in [2.24, 2.45) is 5.73 Å². The summed E-state index contributed by atoms with van der Waals surface area (Å²) in [6.07, 6.45) is 2.71. The second-order valence-corrected chi connectivity index (χ2v) is 7.10. The molecule has 0 radical (unpaired) electrons. The molecule has 0 aromatic heterocycles. The maximum atomic E-state index is 12.6. The van der Waals surface area contributed by atoms with E-state index < -0.39 is 10.0 Å². The third-order valence-electron chi connectivity index (χ3n) is 3.25. The van der Waals surface area contributed by atoms with Gasteiger partial charge in [-0.05, 0) is 37.0 Å². The minimum absolute atomic E-state index is 0.165. The van der Waals surface area contributed by atoms with E-state index in [1.54, 1.807) is 16.4 Å². The lowest BCUT2D eigenvalue weighted by molar-refractivity contribution is 0.403. The summed E-state index contributed by atoms with van der Waals surface area (Å²) in [4.78, 5) is 0.259. The Kier molecular flexibility index (Phi) is 4.50. The van der Waals surface area contributed by atoms with Gasteiger partial charge in [0.05, 0.1) is 4.90 Å². The van der Waals surface area contributed by atoms with Crippen LogP contribution in [0.15, 0.2) is 23.1 Å². The van der Waals surface area contributed by atoms with E-state index in [1.165, 1.54) is 6.07 Å². The molecule has 6 heteroatoms. The van der Waals surface area contributed by atoms with E-state index in [4.69, 9.17) is 17.3 Å². The van der Waals surface area contributed by atoms with Crippen LogP contribution in [0.2, 0.25) is 5.02 Å². The zero-order valence-corrected chi connectivity index (χ0v) is 12.5. The van der Waals surface area contributed by atoms with E-state index in [0.29, 0.717) is 18.1 Å². The predicted molar refractivity (Wildman–Crippen MR) is 76.5 cm³/mol. The molecule has 0 amide bonds. The van der Waals surface area contributed by atoms with Gasteiger partial charge in [-0.1, -0.05) is 24.6 Å². The van der Waals surface area contributed by atoms with E-state index in [0.717, 1.165) is 24.8 Å². The molecule has 2 N–H and O–H groups in total. The van der Waals surface area contributed by atoms with Gasteiger partial charge < -0.3 is 5.73 Å². The van der Waals surface area contributed by atoms with Gasteiger partial charge in [0, 0.05) is 24.2 Å². The average Bonchev–Trinajstić information content (AvgIpc) is 3.19. The quantitative estimate of drug-likeness (QED) is 0.877. The summed E-state index contributed by atoms with van der Waals surface area (Å²) in [7, 11) is -3.44. The Balaban J connectivity index is 2.34. The standard InChI is InChI=1S/C13H19ClN2O2S/c1-2-7-16(11-4-5-11)19(17,18)12-6-3-10(9-15)13(14)8-12/h3,6,8,11H,2,4-5,7,9,15H2,1H3. The van der Waals surface area contributed by atoms with Crippen LogP contribution < -0.4 is 5.73 Å². The van der Waals surface area contributed by atoms with E-state index >= 15 is 0 Å². The number of rotatable bonds is 6. The third kappa shape index (κ3) is 3.11. The Morgan fingerprint density at radius 2 is 2.11 bits per heavy atom. The van der Waals surface area contributed by atoms with Gasteiger partial charge in [0.25, 0.3) is 0 Å². The van der Waals surface area contributed by atoms with Crippen LogP contribution in [0, 0.1) is 0 Å². The lowest BCUT2D eigenvalue weighted by atomic mass is 10.2. The summed E-state index contributed by atoms with van der Waals surface area (Å²) >= 11 is 6.05. The smallest absolute Gasteiger partial charge is 0.243 e. The van der Waals surface area contributed by atoms with Gasteiger partial charge in [-0.25, -0.2) is 8.42 Å². The summed E-state index contributed by atoms with van der Waals surface area (Å²) in [6, 6.07) is 4.95. The number of benzene rings is 1. The SMILES string of the molecule is CCCN(C1CC1)S(=O)(=O)c1ccc(CN)c(Cl)c1. The Morgan fingerprint density at radius 1 is 1.42 bits per heavy atom. The predicted octanol–water partition coefficient (Wildman–Crippen LogP) is 2.36. The number of hydrogen-bond acceptors (Lipinski definition) is 3. The van der Waals surface area contributed by atoms with Crippen LogP contribution in [-0.4, -0.2) is 25.3 Å². The van der Waals surface area contributed by atoms with E-state index in [1.807, 2.05) is 6.92 Å². The van der Waals surface area contributed by atoms with Crippen molar-refractivity contribution in [3.05, 3.63) is 28.8 Å². The maximum absolute atomic E-state index is 12.6. The summed E-state index contributed by atoms with van der Waals surface area (Å²) in [5, 5.41) is 0.413. The molecule has 0 heterocycles. The molecule has 0 aliphatic heterocycles. The van der Waals surface area contributed by atoms with Crippen LogP contribution in [0.3, 0.4) is 0 Å². The van der Waals surface area contributed by atoms with Gasteiger partial charge in [-0.2, -0.15) is 4.31 Å². The average molecular weight is 303 g/mol. The molecule has 19 heavy (non-hydrogen) atoms. The van der Waals surface area contributed by atoms with Crippen LogP contribution in [0.4, 0.5) is 0 Å². The van der Waals surface area contributed by atoms with Crippen molar-refractivity contribution >= 4 is 21.6 Å². The minimum Gasteiger partial charge on any atom is -0.326 e. The van der Waals surface area contributed by atoms with Crippen LogP contribution in [0.1, 0.15) is 31.7 Å². The first kappa shape index (κ1) is 14.8. The Bertz CT molecular complexity index is 556. The first-order chi connectivity index (χ1) is 9.00. The molecule has 1 aliphatic rings. The topological polar surface area (TPSA) is 63.4 Å². The first-order valence-electron chi connectivity index (χ1n) is 6.51. The molecule has 0 saturated heterocycles. The molecule has 1 saturated carbocycles. The molecule has 1 aromatic carbocycles. The molecule has 1 aliphatic carbocycles. The van der Waals surface area contributed by atoms with Gasteiger partial charge in [0.2, 0.25) is 10.0 Å². The van der Waals surface area contributed by atoms with Gasteiger partial charge in [0.15, 0.2) is 0 Å². The maximum Gasteiger partial charge on any atom is 0.243 e. The summed E-state index contributed by atoms with van der Waals surface area (Å²) in [5.41, 5.74) is 6.29. The summed E-state index contributed by atoms with van der Waals surface area (Å²) in [5.74, 6) is 0. The van der Waals surface area contributed by atoms with Crippen LogP contribution in [0.25, 0.3) is 0 Å². The van der Waals surface area contributed by atoms with Crippen LogP contribution in [0.5, 0.6) is 0 Å². The lowest BCUT2D eigenvalue weighted by Gasteiger charge is -2.21. The fourth-order valence-electron chi connectivity index (χ4n) is 2.07. The fraction of sp³-hybridized carbons (Fsp3) is 0.538. The Hall–Kier alpha value is -0.620. The second-order valence-electron chi connectivity index (χ2n) is 4.80. The van der Waals surface area contributed by atoms with Crippen molar-refractivity contribution < 1.29 is 8.42 Å². The monoisotopic (exact) mass is 302 g/mol. The molecule has 2 rings (SSSR count). The van der Waals surface area contributed by atoms with E-state index in [-0.39, 0.29) is 10.9 Å². The van der Waals surface area contributed by atoms with Crippen molar-refractivity contribution in [3.8, 4) is 0 Å². The largest absolute Gasteiger partial charge is 0.326 e. The van der Waals surface area contributed by atoms with Crippen molar-refractivity contribution in [1.82, 2.24) is 4.31 Å². The molecule has 106 valence electrons. The van der Waals surface area contributed by atoms with Gasteiger partial charge in [-0.15, -0.1) is 0 Å². The lowest BCUT2D eigenvalue weighted by Crippen LogP contribution is -2.33. The highest BCUT2D eigenvalue weighted by atomic mass is 35.5. The molecular formula is C13H19ClN2O2S. The third-order valence-corrected chi connectivity index (χ3v) is 5.55. The number of sulfonamides is 1. The molecule has 1 fully saturated rings. The molecule has 0 atom stereocenters. The molecular weight excluding hydrogens is 284 g/mol. The van der Waals surface area contributed by atoms with Gasteiger partial charge >= 0.3 is 0 Å². The van der Waals surface area contributed by atoms with Crippen molar-refractivity contribution in [3.63, 3.8) is 0 Å². The fourth-order valence-corrected chi connectivity index (χ4v) is 4.20. The second kappa shape index (κ2) is 5.79. The van der Waals surface area contributed by atoms with Crippen molar-refractivity contribution in [2.75, 3.05) is 6.54 Å². The van der Waals surface area contributed by atoms with Crippen LogP contribution >= 0.6 is 11.6 Å². The van der Waals surface area contributed by atoms with E-state index in [9.17, 15) is 8.42 Å². The minimum atomic E-state index is -3.44. The van der Waals surface area contributed by atoms with Gasteiger partial charge in [0.1, 0.15) is 0 Å². The van der Waals surface area contributed by atoms with Gasteiger partial charge in [-0.3, -0.25) is 0 Å². The molecule has 1 aromatic rings. The summed E-state index contributed by atoms with van der Waals surface area (Å²) in [6.45, 7) is 2.85. The zero-order valence-electron chi connectivity index (χ0n) is 11.0. The normalized spacial score (nSPS) is 16.0. The van der Waals surface area contributed by atoms with Crippen molar-refractivity contribution in [1.29, 1.82) is 0 Å². The van der Waals surface area contributed by atoms with Crippen LogP contribution in [-0.2, 0) is 16.6 Å². The number of hydrogen-bond donors (Lipinski definition) is 1. The Morgan fingerprint density at radius 3 is 2.58 bits per heavy atom. The summed E-state index contributed by atoms with van der Waals surface area (Å²) < 4.78 is 26.8. The number of nitrogens with two attached hydrogens (primary N) is 1. The van der Waals surface area contributed by atoms with Crippen molar-refractivity contribution in [2.45, 2.75) is 43.7 Å². The Labute approximate surface area is 119 Å². The molecule has 0 spiro atoms. The number of nitrogens with zero attached hydrogens (tertiary/aromatic N) is 1. The number of halogens is 1. The zero-order chi connectivity index (χ0) is 14.0. The highest BCUT2D eigenvalue weighted by molar-refractivity contribution is 7.89. The highest BCUT2D eigenvalue weighted by Gasteiger charge is 2.37. The molecule has 4 nitrogen and oxygen atoms in total. The van der Waals surface area contributed by atoms with E-state index in [2.05, 4.69) is 0 Å².